The molecule has 1 unspecified atom stereocenters. The van der Waals surface area contributed by atoms with Crippen molar-refractivity contribution in [3.8, 4) is 0 Å². The number of nitrogens with one attached hydrogen (secondary N) is 2. The first-order valence-corrected chi connectivity index (χ1v) is 6.80. The summed E-state index contributed by atoms with van der Waals surface area (Å²) in [5, 5.41) is 6.99. The van der Waals surface area contributed by atoms with E-state index in [9.17, 15) is 4.79 Å². The van der Waals surface area contributed by atoms with Crippen LogP contribution in [0.3, 0.4) is 0 Å². The molecule has 2 N–H and O–H groups in total. The van der Waals surface area contributed by atoms with Gasteiger partial charge in [-0.3, -0.25) is 4.79 Å². The number of halogens is 1. The van der Waals surface area contributed by atoms with Gasteiger partial charge >= 0.3 is 0 Å². The highest BCUT2D eigenvalue weighted by atomic mass is 35.5. The van der Waals surface area contributed by atoms with Crippen molar-refractivity contribution in [2.45, 2.75) is 19.8 Å². The first kappa shape index (κ1) is 13.4. The number of benzene rings is 1. The third-order valence-corrected chi connectivity index (χ3v) is 3.87. The highest BCUT2D eigenvalue weighted by molar-refractivity contribution is 6.31. The van der Waals surface area contributed by atoms with Gasteiger partial charge in [0.15, 0.2) is 0 Å². The monoisotopic (exact) mass is 266 g/mol. The van der Waals surface area contributed by atoms with E-state index in [4.69, 9.17) is 11.6 Å². The van der Waals surface area contributed by atoms with Crippen LogP contribution in [-0.2, 0) is 0 Å². The molecule has 0 radical (unpaired) electrons. The molecular formula is C14H19ClN2O. The lowest BCUT2D eigenvalue weighted by Gasteiger charge is -2.23. The second-order valence-corrected chi connectivity index (χ2v) is 5.24. The molecule has 3 nitrogen and oxygen atoms in total. The second kappa shape index (κ2) is 6.21. The third-order valence-electron chi connectivity index (χ3n) is 3.46. The molecule has 0 saturated carbocycles. The molecule has 18 heavy (non-hydrogen) atoms. The minimum absolute atomic E-state index is 0.0272. The number of amides is 1. The summed E-state index contributed by atoms with van der Waals surface area (Å²) >= 11 is 6.02. The standard InChI is InChI=1S/C14H19ClN2O/c1-10-12(5-2-6-13(10)15)14(18)17-9-11-4-3-7-16-8-11/h2,5-6,11,16H,3-4,7-9H2,1H3,(H,17,18). The Labute approximate surface area is 113 Å². The molecule has 0 aliphatic carbocycles. The Bertz CT molecular complexity index is 428. The molecule has 1 aliphatic rings. The maximum absolute atomic E-state index is 12.1. The van der Waals surface area contributed by atoms with Gasteiger partial charge in [0.1, 0.15) is 0 Å². The highest BCUT2D eigenvalue weighted by Gasteiger charge is 2.15. The van der Waals surface area contributed by atoms with Crippen LogP contribution in [0.1, 0.15) is 28.8 Å². The van der Waals surface area contributed by atoms with Gasteiger partial charge < -0.3 is 10.6 Å². The first-order chi connectivity index (χ1) is 8.68. The molecule has 0 aromatic heterocycles. The molecule has 1 aromatic rings. The number of hydrogen-bond donors (Lipinski definition) is 2. The van der Waals surface area contributed by atoms with E-state index in [1.54, 1.807) is 6.07 Å². The summed E-state index contributed by atoms with van der Waals surface area (Å²) in [5.41, 5.74) is 1.52. The number of carbonyl (C=O) groups is 1. The van der Waals surface area contributed by atoms with Gasteiger partial charge in [-0.1, -0.05) is 17.7 Å². The molecule has 1 aliphatic heterocycles. The summed E-state index contributed by atoms with van der Waals surface area (Å²) in [7, 11) is 0. The summed E-state index contributed by atoms with van der Waals surface area (Å²) in [6, 6.07) is 5.43. The van der Waals surface area contributed by atoms with Crippen molar-refractivity contribution in [3.05, 3.63) is 34.3 Å². The number of hydrogen-bond acceptors (Lipinski definition) is 2. The van der Waals surface area contributed by atoms with Gasteiger partial charge in [0.05, 0.1) is 0 Å². The Morgan fingerprint density at radius 3 is 3.11 bits per heavy atom. The molecule has 98 valence electrons. The zero-order chi connectivity index (χ0) is 13.0. The topological polar surface area (TPSA) is 41.1 Å². The largest absolute Gasteiger partial charge is 0.352 e. The van der Waals surface area contributed by atoms with Crippen molar-refractivity contribution >= 4 is 17.5 Å². The summed E-state index contributed by atoms with van der Waals surface area (Å²) in [6.07, 6.45) is 2.37. The van der Waals surface area contributed by atoms with E-state index in [1.165, 1.54) is 12.8 Å². The summed E-state index contributed by atoms with van der Waals surface area (Å²) < 4.78 is 0. The zero-order valence-corrected chi connectivity index (χ0v) is 11.4. The minimum Gasteiger partial charge on any atom is -0.352 e. The van der Waals surface area contributed by atoms with Crippen LogP contribution in [0, 0.1) is 12.8 Å². The van der Waals surface area contributed by atoms with E-state index in [2.05, 4.69) is 10.6 Å². The van der Waals surface area contributed by atoms with Gasteiger partial charge in [0.25, 0.3) is 5.91 Å². The Balaban J connectivity index is 1.93. The lowest BCUT2D eigenvalue weighted by molar-refractivity contribution is 0.0944. The van der Waals surface area contributed by atoms with E-state index in [1.807, 2.05) is 19.1 Å². The molecular weight excluding hydrogens is 248 g/mol. The molecule has 1 amide bonds. The number of rotatable bonds is 3. The fraction of sp³-hybridized carbons (Fsp3) is 0.500. The van der Waals surface area contributed by atoms with Gasteiger partial charge in [0.2, 0.25) is 0 Å². The molecule has 0 spiro atoms. The zero-order valence-electron chi connectivity index (χ0n) is 10.6. The Morgan fingerprint density at radius 1 is 1.56 bits per heavy atom. The van der Waals surface area contributed by atoms with Crippen LogP contribution in [0.25, 0.3) is 0 Å². The van der Waals surface area contributed by atoms with Crippen molar-refractivity contribution in [1.82, 2.24) is 10.6 Å². The summed E-state index contributed by atoms with van der Waals surface area (Å²) in [6.45, 7) is 4.70. The average Bonchev–Trinajstić information content (AvgIpc) is 2.40. The smallest absolute Gasteiger partial charge is 0.251 e. The second-order valence-electron chi connectivity index (χ2n) is 4.83. The van der Waals surface area contributed by atoms with E-state index in [0.717, 1.165) is 25.2 Å². The lowest BCUT2D eigenvalue weighted by atomic mass is 9.99. The van der Waals surface area contributed by atoms with Gasteiger partial charge in [-0.25, -0.2) is 0 Å². The molecule has 4 heteroatoms. The molecule has 1 saturated heterocycles. The Hall–Kier alpha value is -1.06. The van der Waals surface area contributed by atoms with Crippen molar-refractivity contribution in [3.63, 3.8) is 0 Å². The van der Waals surface area contributed by atoms with Gasteiger partial charge in [-0.05, 0) is 56.5 Å². The molecule has 0 bridgehead atoms. The van der Waals surface area contributed by atoms with Crippen molar-refractivity contribution in [1.29, 1.82) is 0 Å². The van der Waals surface area contributed by atoms with Crippen LogP contribution in [0.2, 0.25) is 5.02 Å². The Morgan fingerprint density at radius 2 is 2.39 bits per heavy atom. The predicted octanol–water partition coefficient (Wildman–Crippen LogP) is 2.38. The van der Waals surface area contributed by atoms with E-state index in [0.29, 0.717) is 16.5 Å². The molecule has 1 atom stereocenters. The Kier molecular flexibility index (Phi) is 4.61. The van der Waals surface area contributed by atoms with E-state index in [-0.39, 0.29) is 5.91 Å². The van der Waals surface area contributed by atoms with Gasteiger partial charge in [-0.2, -0.15) is 0 Å². The summed E-state index contributed by atoms with van der Waals surface area (Å²) in [4.78, 5) is 12.1. The van der Waals surface area contributed by atoms with Gasteiger partial charge in [0, 0.05) is 17.1 Å². The van der Waals surface area contributed by atoms with E-state index >= 15 is 0 Å². The minimum atomic E-state index is -0.0272. The van der Waals surface area contributed by atoms with Gasteiger partial charge in [-0.15, -0.1) is 0 Å². The SMILES string of the molecule is Cc1c(Cl)cccc1C(=O)NCC1CCCNC1. The first-order valence-electron chi connectivity index (χ1n) is 6.42. The van der Waals surface area contributed by atoms with Crippen LogP contribution in [0.5, 0.6) is 0 Å². The van der Waals surface area contributed by atoms with Crippen LogP contribution >= 0.6 is 11.6 Å². The quantitative estimate of drug-likeness (QED) is 0.882. The highest BCUT2D eigenvalue weighted by Crippen LogP contribution is 2.18. The third kappa shape index (κ3) is 3.24. The lowest BCUT2D eigenvalue weighted by Crippen LogP contribution is -2.38. The average molecular weight is 267 g/mol. The van der Waals surface area contributed by atoms with Crippen molar-refractivity contribution in [2.24, 2.45) is 5.92 Å². The summed E-state index contributed by atoms with van der Waals surface area (Å²) in [5.74, 6) is 0.516. The fourth-order valence-corrected chi connectivity index (χ4v) is 2.46. The van der Waals surface area contributed by atoms with Crippen LogP contribution in [-0.4, -0.2) is 25.5 Å². The normalized spacial score (nSPS) is 19.6. The van der Waals surface area contributed by atoms with Crippen LogP contribution < -0.4 is 10.6 Å². The molecule has 1 heterocycles. The maximum atomic E-state index is 12.1. The van der Waals surface area contributed by atoms with Crippen molar-refractivity contribution in [2.75, 3.05) is 19.6 Å². The fourth-order valence-electron chi connectivity index (χ4n) is 2.28. The van der Waals surface area contributed by atoms with E-state index < -0.39 is 0 Å². The number of piperidine rings is 1. The van der Waals surface area contributed by atoms with Crippen LogP contribution in [0.15, 0.2) is 18.2 Å². The number of carbonyl (C=O) groups excluding carboxylic acids is 1. The maximum Gasteiger partial charge on any atom is 0.251 e. The van der Waals surface area contributed by atoms with Crippen LogP contribution in [0.4, 0.5) is 0 Å². The molecule has 1 aromatic carbocycles. The predicted molar refractivity (Wildman–Crippen MR) is 74.1 cm³/mol. The molecule has 2 rings (SSSR count). The molecule has 1 fully saturated rings. The van der Waals surface area contributed by atoms with Crippen molar-refractivity contribution < 1.29 is 4.79 Å².